The van der Waals surface area contributed by atoms with Gasteiger partial charge >= 0.3 is 5.97 Å². The van der Waals surface area contributed by atoms with Gasteiger partial charge in [0, 0.05) is 35.0 Å². The molecule has 0 aromatic carbocycles. The van der Waals surface area contributed by atoms with E-state index in [0.29, 0.717) is 17.1 Å². The minimum Gasteiger partial charge on any atom is -0.465 e. The van der Waals surface area contributed by atoms with Crippen LogP contribution in [-0.4, -0.2) is 37.3 Å². The molecule has 0 fully saturated rings. The summed E-state index contributed by atoms with van der Waals surface area (Å²) in [5.41, 5.74) is 8.17. The molecular formula is C16H17N3O3S. The maximum atomic E-state index is 12.1. The molecule has 2 atom stereocenters. The normalized spacial score (nSPS) is 19.7. The first-order valence-electron chi connectivity index (χ1n) is 7.24. The molecule has 1 aromatic heterocycles. The molecule has 3 N–H and O–H groups in total. The number of rotatable bonds is 4. The van der Waals surface area contributed by atoms with Gasteiger partial charge in [-0.2, -0.15) is 0 Å². The van der Waals surface area contributed by atoms with E-state index in [2.05, 4.69) is 10.3 Å². The van der Waals surface area contributed by atoms with Gasteiger partial charge in [0.2, 0.25) is 0 Å². The smallest absolute Gasteiger partial charge is 0.350 e. The Labute approximate surface area is 137 Å². The fourth-order valence-corrected chi connectivity index (χ4v) is 3.77. The quantitative estimate of drug-likeness (QED) is 0.822. The number of esters is 1. The van der Waals surface area contributed by atoms with Gasteiger partial charge in [-0.15, -0.1) is 11.3 Å². The van der Waals surface area contributed by atoms with E-state index in [9.17, 15) is 9.59 Å². The molecule has 0 saturated carbocycles. The first-order chi connectivity index (χ1) is 11.0. The van der Waals surface area contributed by atoms with E-state index in [1.54, 1.807) is 0 Å². The lowest BCUT2D eigenvalue weighted by molar-refractivity contribution is -0.113. The second-order valence-corrected chi connectivity index (χ2v) is 6.53. The summed E-state index contributed by atoms with van der Waals surface area (Å²) < 4.78 is 4.89. The van der Waals surface area contributed by atoms with Crippen molar-refractivity contribution >= 4 is 40.7 Å². The highest BCUT2D eigenvalue weighted by molar-refractivity contribution is 7.15. The second kappa shape index (κ2) is 6.10. The van der Waals surface area contributed by atoms with Crippen molar-refractivity contribution in [2.45, 2.75) is 18.9 Å². The minimum absolute atomic E-state index is 0.0632. The molecule has 0 saturated heterocycles. The maximum Gasteiger partial charge on any atom is 0.350 e. The summed E-state index contributed by atoms with van der Waals surface area (Å²) >= 11 is 1.36. The van der Waals surface area contributed by atoms with Crippen molar-refractivity contribution in [3.05, 3.63) is 33.5 Å². The number of allylic oxidation sites excluding steroid dienone is 2. The third-order valence-corrected chi connectivity index (χ3v) is 4.80. The standard InChI is InChI=1S/C16H17N3O3S/c1-8(17)7-18-14-13-9-3-6-12(20)19-10(9)4-5-11(13)23-15(14)16(21)22-2/h3-6,8-9,18H,7,17H2,1-2H3/t8-,9?/m1/s1. The number of nitrogens with one attached hydrogen (secondary N) is 1. The predicted molar refractivity (Wildman–Crippen MR) is 91.2 cm³/mol. The minimum atomic E-state index is -0.390. The number of methoxy groups -OCH3 is 1. The molecule has 0 spiro atoms. The summed E-state index contributed by atoms with van der Waals surface area (Å²) in [6, 6.07) is -0.0632. The number of dihydropyridines is 1. The number of carbonyl (C=O) groups excluding carboxylic acids is 2. The van der Waals surface area contributed by atoms with Crippen LogP contribution in [0.3, 0.4) is 0 Å². The van der Waals surface area contributed by atoms with E-state index < -0.39 is 0 Å². The molecule has 0 radical (unpaired) electrons. The molecule has 2 aliphatic rings. The summed E-state index contributed by atoms with van der Waals surface area (Å²) in [6.45, 7) is 2.41. The van der Waals surface area contributed by atoms with Crippen LogP contribution in [0.15, 0.2) is 23.2 Å². The number of anilines is 1. The Bertz CT molecular complexity index is 759. The average molecular weight is 331 g/mol. The Morgan fingerprint density at radius 1 is 1.48 bits per heavy atom. The Morgan fingerprint density at radius 2 is 2.26 bits per heavy atom. The molecule has 0 bridgehead atoms. The number of hydrogen-bond donors (Lipinski definition) is 2. The lowest BCUT2D eigenvalue weighted by atomic mass is 9.87. The molecule has 1 aliphatic carbocycles. The number of ether oxygens (including phenoxy) is 1. The number of aliphatic imine (C=N–C) groups is 1. The fraction of sp³-hybridized carbons (Fsp3) is 0.312. The summed E-state index contributed by atoms with van der Waals surface area (Å²) in [5, 5.41) is 3.26. The third kappa shape index (κ3) is 2.85. The van der Waals surface area contributed by atoms with Gasteiger partial charge in [-0.3, -0.25) is 4.79 Å². The van der Waals surface area contributed by atoms with Gasteiger partial charge in [0.15, 0.2) is 0 Å². The SMILES string of the molecule is COC(=O)c1sc2c(c1NC[C@@H](C)N)C1C=CC(=O)N=C1C=C2. The van der Waals surface area contributed by atoms with E-state index in [1.807, 2.05) is 25.2 Å². The van der Waals surface area contributed by atoms with Crippen LogP contribution in [-0.2, 0) is 9.53 Å². The van der Waals surface area contributed by atoms with Crippen molar-refractivity contribution < 1.29 is 14.3 Å². The highest BCUT2D eigenvalue weighted by Crippen LogP contribution is 2.44. The van der Waals surface area contributed by atoms with Crippen molar-refractivity contribution in [3.8, 4) is 0 Å². The topological polar surface area (TPSA) is 93.8 Å². The second-order valence-electron chi connectivity index (χ2n) is 5.48. The van der Waals surface area contributed by atoms with Crippen LogP contribution >= 0.6 is 11.3 Å². The van der Waals surface area contributed by atoms with Gasteiger partial charge in [-0.05, 0) is 19.1 Å². The highest BCUT2D eigenvalue weighted by atomic mass is 32.1. The zero-order chi connectivity index (χ0) is 16.6. The number of nitrogens with zero attached hydrogens (tertiary/aromatic N) is 1. The molecule has 1 unspecified atom stereocenters. The predicted octanol–water partition coefficient (Wildman–Crippen LogP) is 1.94. The summed E-state index contributed by atoms with van der Waals surface area (Å²) in [7, 11) is 1.36. The van der Waals surface area contributed by atoms with Gasteiger partial charge in [0.25, 0.3) is 5.91 Å². The lowest BCUT2D eigenvalue weighted by Gasteiger charge is -2.22. The first-order valence-corrected chi connectivity index (χ1v) is 8.06. The third-order valence-electron chi connectivity index (χ3n) is 3.65. The van der Waals surface area contributed by atoms with Crippen molar-refractivity contribution in [1.29, 1.82) is 0 Å². The van der Waals surface area contributed by atoms with E-state index in [4.69, 9.17) is 10.5 Å². The molecule has 6 nitrogen and oxygen atoms in total. The van der Waals surface area contributed by atoms with Crippen molar-refractivity contribution in [3.63, 3.8) is 0 Å². The lowest BCUT2D eigenvalue weighted by Crippen LogP contribution is -2.27. The Hall–Kier alpha value is -2.25. The van der Waals surface area contributed by atoms with Gasteiger partial charge in [-0.25, -0.2) is 9.79 Å². The molecular weight excluding hydrogens is 314 g/mol. The van der Waals surface area contributed by atoms with Gasteiger partial charge < -0.3 is 15.8 Å². The number of carbonyl (C=O) groups is 2. The van der Waals surface area contributed by atoms with E-state index >= 15 is 0 Å². The molecule has 1 amide bonds. The van der Waals surface area contributed by atoms with Crippen LogP contribution in [0.4, 0.5) is 5.69 Å². The summed E-state index contributed by atoms with van der Waals surface area (Å²) in [4.78, 5) is 29.1. The van der Waals surface area contributed by atoms with Crippen LogP contribution in [0.25, 0.3) is 6.08 Å². The number of nitrogens with two attached hydrogens (primary N) is 1. The van der Waals surface area contributed by atoms with Crippen LogP contribution in [0, 0.1) is 0 Å². The maximum absolute atomic E-state index is 12.1. The summed E-state index contributed by atoms with van der Waals surface area (Å²) in [5.74, 6) is -0.796. The molecule has 2 heterocycles. The molecule has 1 aliphatic heterocycles. The van der Waals surface area contributed by atoms with Crippen molar-refractivity contribution in [2.24, 2.45) is 10.7 Å². The first kappa shape index (κ1) is 15.6. The van der Waals surface area contributed by atoms with Crippen LogP contribution in [0.5, 0.6) is 0 Å². The zero-order valence-electron chi connectivity index (χ0n) is 12.8. The Kier molecular flexibility index (Phi) is 4.14. The van der Waals surface area contributed by atoms with E-state index in [1.165, 1.54) is 24.5 Å². The largest absolute Gasteiger partial charge is 0.465 e. The van der Waals surface area contributed by atoms with Gasteiger partial charge in [0.05, 0.1) is 18.5 Å². The number of thiophene rings is 1. The summed E-state index contributed by atoms with van der Waals surface area (Å²) in [6.07, 6.45) is 6.98. The van der Waals surface area contributed by atoms with Crippen molar-refractivity contribution in [2.75, 3.05) is 19.0 Å². The Balaban J connectivity index is 2.10. The molecule has 3 rings (SSSR count). The van der Waals surface area contributed by atoms with E-state index in [0.717, 1.165) is 16.1 Å². The molecule has 23 heavy (non-hydrogen) atoms. The van der Waals surface area contributed by atoms with Crippen LogP contribution < -0.4 is 11.1 Å². The monoisotopic (exact) mass is 331 g/mol. The number of fused-ring (bicyclic) bond motifs is 3. The highest BCUT2D eigenvalue weighted by Gasteiger charge is 2.32. The number of amides is 1. The average Bonchev–Trinajstić information content (AvgIpc) is 2.90. The molecule has 1 aromatic rings. The van der Waals surface area contributed by atoms with Crippen LogP contribution in [0.1, 0.15) is 33.0 Å². The molecule has 7 heteroatoms. The number of hydrogen-bond acceptors (Lipinski definition) is 6. The van der Waals surface area contributed by atoms with Crippen molar-refractivity contribution in [1.82, 2.24) is 0 Å². The van der Waals surface area contributed by atoms with Gasteiger partial charge in [0.1, 0.15) is 4.88 Å². The Morgan fingerprint density at radius 3 is 2.96 bits per heavy atom. The van der Waals surface area contributed by atoms with Gasteiger partial charge in [-0.1, -0.05) is 6.08 Å². The van der Waals surface area contributed by atoms with Crippen LogP contribution in [0.2, 0.25) is 0 Å². The fourth-order valence-electron chi connectivity index (χ4n) is 2.63. The molecule has 120 valence electrons. The zero-order valence-corrected chi connectivity index (χ0v) is 13.6. The van der Waals surface area contributed by atoms with E-state index in [-0.39, 0.29) is 23.8 Å².